The van der Waals surface area contributed by atoms with Crippen LogP contribution in [0.1, 0.15) is 20.8 Å². The van der Waals surface area contributed by atoms with Crippen molar-refractivity contribution >= 4 is 17.3 Å². The van der Waals surface area contributed by atoms with Gasteiger partial charge in [0.05, 0.1) is 6.61 Å². The molecule has 1 aromatic rings. The summed E-state index contributed by atoms with van der Waals surface area (Å²) in [5.41, 5.74) is 7.17. The van der Waals surface area contributed by atoms with E-state index in [-0.39, 0.29) is 17.9 Å². The van der Waals surface area contributed by atoms with Crippen LogP contribution in [0.15, 0.2) is 24.3 Å². The lowest BCUT2D eigenvalue weighted by molar-refractivity contribution is -0.145. The molecule has 4 heteroatoms. The van der Waals surface area contributed by atoms with Crippen molar-refractivity contribution in [2.75, 3.05) is 17.7 Å². The lowest BCUT2D eigenvalue weighted by Crippen LogP contribution is -2.36. The second kappa shape index (κ2) is 6.13. The lowest BCUT2D eigenvalue weighted by atomic mass is 10.0. The van der Waals surface area contributed by atoms with Crippen LogP contribution < -0.4 is 11.1 Å². The molecule has 0 radical (unpaired) electrons. The van der Waals surface area contributed by atoms with Gasteiger partial charge in [-0.25, -0.2) is 4.79 Å². The van der Waals surface area contributed by atoms with E-state index in [2.05, 4.69) is 5.32 Å². The lowest BCUT2D eigenvalue weighted by Gasteiger charge is -2.21. The fraction of sp³-hybridized carbons (Fsp3) is 0.462. The summed E-state index contributed by atoms with van der Waals surface area (Å²) in [6.07, 6.45) is 0. The molecule has 1 atom stereocenters. The summed E-state index contributed by atoms with van der Waals surface area (Å²) in [6, 6.07) is 6.96. The minimum atomic E-state index is -0.335. The van der Waals surface area contributed by atoms with Crippen molar-refractivity contribution in [1.29, 1.82) is 0 Å². The molecule has 4 nitrogen and oxygen atoms in total. The molecule has 0 bridgehead atoms. The number of carbonyl (C=O) groups excluding carboxylic acids is 1. The summed E-state index contributed by atoms with van der Waals surface area (Å²) >= 11 is 0. The van der Waals surface area contributed by atoms with Gasteiger partial charge in [-0.2, -0.15) is 0 Å². The zero-order chi connectivity index (χ0) is 12.8. The standard InChI is InChI=1S/C13H20N2O2/c1-4-17-13(16)12(9(2)3)15-11-7-5-10(14)6-8-11/h5-9,12,15H,4,14H2,1-3H3. The molecule has 0 aliphatic carbocycles. The van der Waals surface area contributed by atoms with E-state index in [0.717, 1.165) is 5.69 Å². The fourth-order valence-electron chi connectivity index (χ4n) is 1.49. The number of nitrogen functional groups attached to an aromatic ring is 1. The van der Waals surface area contributed by atoms with Crippen LogP contribution in [0.5, 0.6) is 0 Å². The third kappa shape index (κ3) is 3.98. The normalized spacial score (nSPS) is 12.2. The number of rotatable bonds is 5. The summed E-state index contributed by atoms with van der Waals surface area (Å²) in [7, 11) is 0. The van der Waals surface area contributed by atoms with E-state index < -0.39 is 0 Å². The molecule has 17 heavy (non-hydrogen) atoms. The first-order valence-corrected chi connectivity index (χ1v) is 5.83. The maximum Gasteiger partial charge on any atom is 0.328 e. The average molecular weight is 236 g/mol. The third-order valence-corrected chi connectivity index (χ3v) is 2.44. The average Bonchev–Trinajstić information content (AvgIpc) is 2.28. The predicted octanol–water partition coefficient (Wildman–Crippen LogP) is 2.27. The molecule has 0 aromatic heterocycles. The minimum Gasteiger partial charge on any atom is -0.464 e. The molecule has 0 fully saturated rings. The maximum absolute atomic E-state index is 11.7. The van der Waals surface area contributed by atoms with Gasteiger partial charge in [0.15, 0.2) is 0 Å². The van der Waals surface area contributed by atoms with Gasteiger partial charge >= 0.3 is 5.97 Å². The van der Waals surface area contributed by atoms with E-state index in [0.29, 0.717) is 12.3 Å². The van der Waals surface area contributed by atoms with Crippen LogP contribution in [0.4, 0.5) is 11.4 Å². The first-order valence-electron chi connectivity index (χ1n) is 5.83. The van der Waals surface area contributed by atoms with E-state index in [1.54, 1.807) is 19.1 Å². The zero-order valence-corrected chi connectivity index (χ0v) is 10.6. The van der Waals surface area contributed by atoms with E-state index in [4.69, 9.17) is 10.5 Å². The Labute approximate surface area is 102 Å². The second-order valence-corrected chi connectivity index (χ2v) is 4.24. The van der Waals surface area contributed by atoms with Crippen molar-refractivity contribution < 1.29 is 9.53 Å². The molecule has 1 rings (SSSR count). The summed E-state index contributed by atoms with van der Waals surface area (Å²) in [5, 5.41) is 3.16. The second-order valence-electron chi connectivity index (χ2n) is 4.24. The first-order chi connectivity index (χ1) is 8.04. The number of nitrogens with two attached hydrogens (primary N) is 1. The highest BCUT2D eigenvalue weighted by Gasteiger charge is 2.23. The Morgan fingerprint density at radius 2 is 1.94 bits per heavy atom. The number of carbonyl (C=O) groups is 1. The van der Waals surface area contributed by atoms with Crippen molar-refractivity contribution in [3.63, 3.8) is 0 Å². The molecule has 1 unspecified atom stereocenters. The molecule has 0 heterocycles. The van der Waals surface area contributed by atoms with Gasteiger partial charge in [0.25, 0.3) is 0 Å². The van der Waals surface area contributed by atoms with E-state index in [1.807, 2.05) is 26.0 Å². The highest BCUT2D eigenvalue weighted by Crippen LogP contribution is 2.15. The highest BCUT2D eigenvalue weighted by molar-refractivity contribution is 5.79. The summed E-state index contributed by atoms with van der Waals surface area (Å²) in [6.45, 7) is 6.15. The first kappa shape index (κ1) is 13.4. The molecule has 0 saturated heterocycles. The van der Waals surface area contributed by atoms with Crippen LogP contribution in [-0.2, 0) is 9.53 Å². The molecule has 0 aliphatic rings. The van der Waals surface area contributed by atoms with Gasteiger partial charge in [0, 0.05) is 11.4 Å². The van der Waals surface area contributed by atoms with E-state index in [9.17, 15) is 4.79 Å². The zero-order valence-electron chi connectivity index (χ0n) is 10.6. The number of hydrogen-bond acceptors (Lipinski definition) is 4. The summed E-state index contributed by atoms with van der Waals surface area (Å²) in [4.78, 5) is 11.7. The molecule has 94 valence electrons. The number of hydrogen-bond donors (Lipinski definition) is 2. The molecule has 0 amide bonds. The van der Waals surface area contributed by atoms with Crippen molar-refractivity contribution in [2.24, 2.45) is 5.92 Å². The van der Waals surface area contributed by atoms with Crippen molar-refractivity contribution in [3.8, 4) is 0 Å². The van der Waals surface area contributed by atoms with Crippen LogP contribution in [0.3, 0.4) is 0 Å². The van der Waals surface area contributed by atoms with Gasteiger partial charge in [0.1, 0.15) is 6.04 Å². The minimum absolute atomic E-state index is 0.159. The smallest absolute Gasteiger partial charge is 0.328 e. The van der Waals surface area contributed by atoms with E-state index >= 15 is 0 Å². The highest BCUT2D eigenvalue weighted by atomic mass is 16.5. The Kier molecular flexibility index (Phi) is 4.82. The number of anilines is 2. The number of benzene rings is 1. The number of nitrogens with one attached hydrogen (secondary N) is 1. The molecule has 3 N–H and O–H groups in total. The summed E-state index contributed by atoms with van der Waals surface area (Å²) < 4.78 is 5.04. The van der Waals surface area contributed by atoms with Gasteiger partial charge in [-0.05, 0) is 37.1 Å². The van der Waals surface area contributed by atoms with Crippen LogP contribution in [0.2, 0.25) is 0 Å². The van der Waals surface area contributed by atoms with Crippen LogP contribution in [0.25, 0.3) is 0 Å². The van der Waals surface area contributed by atoms with E-state index in [1.165, 1.54) is 0 Å². The Morgan fingerprint density at radius 1 is 1.35 bits per heavy atom. The molecule has 0 spiro atoms. The quantitative estimate of drug-likeness (QED) is 0.608. The molecular weight excluding hydrogens is 216 g/mol. The van der Waals surface area contributed by atoms with Crippen molar-refractivity contribution in [1.82, 2.24) is 0 Å². The Bertz CT molecular complexity index is 360. The molecular formula is C13H20N2O2. The van der Waals surface area contributed by atoms with Gasteiger partial charge in [-0.3, -0.25) is 0 Å². The van der Waals surface area contributed by atoms with Gasteiger partial charge in [-0.15, -0.1) is 0 Å². The van der Waals surface area contributed by atoms with Gasteiger partial charge < -0.3 is 15.8 Å². The molecule has 0 aliphatic heterocycles. The predicted molar refractivity (Wildman–Crippen MR) is 69.7 cm³/mol. The molecule has 1 aromatic carbocycles. The third-order valence-electron chi connectivity index (χ3n) is 2.44. The van der Waals surface area contributed by atoms with Gasteiger partial charge in [-0.1, -0.05) is 13.8 Å². The van der Waals surface area contributed by atoms with Crippen LogP contribution in [-0.4, -0.2) is 18.6 Å². The van der Waals surface area contributed by atoms with Crippen molar-refractivity contribution in [3.05, 3.63) is 24.3 Å². The van der Waals surface area contributed by atoms with Crippen molar-refractivity contribution in [2.45, 2.75) is 26.8 Å². The Hall–Kier alpha value is -1.71. The van der Waals surface area contributed by atoms with Gasteiger partial charge in [0.2, 0.25) is 0 Å². The van der Waals surface area contributed by atoms with Crippen LogP contribution in [0, 0.1) is 5.92 Å². The number of esters is 1. The van der Waals surface area contributed by atoms with Crippen LogP contribution >= 0.6 is 0 Å². The number of ether oxygens (including phenoxy) is 1. The topological polar surface area (TPSA) is 64.3 Å². The summed E-state index contributed by atoms with van der Waals surface area (Å²) in [5.74, 6) is -0.0640. The SMILES string of the molecule is CCOC(=O)C(Nc1ccc(N)cc1)C(C)C. The largest absolute Gasteiger partial charge is 0.464 e. The Morgan fingerprint density at radius 3 is 2.41 bits per heavy atom. The molecule has 0 saturated carbocycles. The Balaban J connectivity index is 2.73. The monoisotopic (exact) mass is 236 g/mol. The fourth-order valence-corrected chi connectivity index (χ4v) is 1.49. The maximum atomic E-state index is 11.7.